The first-order valence-electron chi connectivity index (χ1n) is 8.11. The van der Waals surface area contributed by atoms with Gasteiger partial charge in [-0.05, 0) is 25.8 Å². The lowest BCUT2D eigenvalue weighted by Gasteiger charge is -2.09. The van der Waals surface area contributed by atoms with Crippen molar-refractivity contribution in [2.75, 3.05) is 18.4 Å². The van der Waals surface area contributed by atoms with Crippen molar-refractivity contribution < 1.29 is 9.59 Å². The van der Waals surface area contributed by atoms with Crippen LogP contribution in [0.5, 0.6) is 0 Å². The minimum Gasteiger partial charge on any atom is -0.360 e. The maximum atomic E-state index is 12.6. The second kappa shape index (κ2) is 9.53. The van der Waals surface area contributed by atoms with Crippen molar-refractivity contribution in [2.45, 2.75) is 36.8 Å². The normalized spacial score (nSPS) is 11.8. The molecule has 2 N–H and O–H groups in total. The molecule has 6 nitrogen and oxygen atoms in total. The molecule has 0 spiro atoms. The van der Waals surface area contributed by atoms with E-state index in [1.54, 1.807) is 0 Å². The van der Waals surface area contributed by atoms with E-state index >= 15 is 0 Å². The van der Waals surface area contributed by atoms with Crippen LogP contribution in [0.4, 0.5) is 5.13 Å². The number of carbonyl (C=O) groups excluding carboxylic acids is 2. The quantitative estimate of drug-likeness (QED) is 0.515. The highest BCUT2D eigenvalue weighted by Gasteiger charge is 2.18. The number of benzene rings is 1. The third-order valence-electron chi connectivity index (χ3n) is 3.41. The number of amides is 1. The monoisotopic (exact) mass is 378 g/mol. The lowest BCUT2D eigenvalue weighted by molar-refractivity contribution is -0.118. The maximum Gasteiger partial charge on any atom is 0.216 e. The Hall–Kier alpha value is -1.93. The van der Waals surface area contributed by atoms with Crippen LogP contribution in [0.3, 0.4) is 0 Å². The molecule has 1 amide bonds. The Bertz CT molecular complexity index is 716. The van der Waals surface area contributed by atoms with Crippen LogP contribution in [0.2, 0.25) is 0 Å². The summed E-state index contributed by atoms with van der Waals surface area (Å²) in [6, 6.07) is 7.54. The van der Waals surface area contributed by atoms with E-state index in [0.717, 1.165) is 28.0 Å². The summed E-state index contributed by atoms with van der Waals surface area (Å²) in [5.41, 5.74) is 1.77. The molecule has 1 heterocycles. The van der Waals surface area contributed by atoms with E-state index < -0.39 is 0 Å². The molecule has 0 bridgehead atoms. The lowest BCUT2D eigenvalue weighted by atomic mass is 10.0. The first-order valence-corrected chi connectivity index (χ1v) is 9.80. The van der Waals surface area contributed by atoms with E-state index in [2.05, 4.69) is 20.8 Å². The van der Waals surface area contributed by atoms with E-state index in [1.165, 1.54) is 30.0 Å². The summed E-state index contributed by atoms with van der Waals surface area (Å²) in [5.74, 6) is 0.0326. The number of anilines is 1. The molecule has 0 aliphatic carbocycles. The average molecular weight is 379 g/mol. The molecular formula is C17H22N4O2S2. The van der Waals surface area contributed by atoms with Crippen molar-refractivity contribution in [2.24, 2.45) is 0 Å². The summed E-state index contributed by atoms with van der Waals surface area (Å²) in [4.78, 5) is 23.4. The molecule has 1 aromatic heterocycles. The average Bonchev–Trinajstić information content (AvgIpc) is 3.02. The zero-order valence-corrected chi connectivity index (χ0v) is 16.2. The second-order valence-electron chi connectivity index (χ2n) is 5.46. The molecule has 0 saturated carbocycles. The fourth-order valence-electron chi connectivity index (χ4n) is 2.14. The van der Waals surface area contributed by atoms with Crippen LogP contribution in [-0.4, -0.2) is 40.2 Å². The van der Waals surface area contributed by atoms with Gasteiger partial charge in [0.1, 0.15) is 0 Å². The molecule has 0 fully saturated rings. The summed E-state index contributed by atoms with van der Waals surface area (Å²) in [7, 11) is 0. The predicted molar refractivity (Wildman–Crippen MR) is 103 cm³/mol. The van der Waals surface area contributed by atoms with Crippen LogP contribution in [0.1, 0.15) is 36.7 Å². The van der Waals surface area contributed by atoms with Crippen LogP contribution in [0.15, 0.2) is 28.6 Å². The van der Waals surface area contributed by atoms with Gasteiger partial charge >= 0.3 is 0 Å². The molecule has 134 valence electrons. The third kappa shape index (κ3) is 6.13. The smallest absolute Gasteiger partial charge is 0.216 e. The Kier molecular flexibility index (Phi) is 7.39. The van der Waals surface area contributed by atoms with Crippen molar-refractivity contribution in [3.05, 3.63) is 35.4 Å². The molecule has 0 saturated heterocycles. The van der Waals surface area contributed by atoms with Crippen molar-refractivity contribution >= 4 is 39.9 Å². The first-order chi connectivity index (χ1) is 12.0. The standard InChI is InChI=1S/C17H22N4O2S2/c1-4-18-16-20-21-17(25-16)24-11(2)15(23)14-7-5-13(6-8-14)9-10-19-12(3)22/h5-8,11H,4,9-10H2,1-3H3,(H,18,20)(H,19,22). The number of thioether (sulfide) groups is 1. The minimum absolute atomic E-state index is 0.0355. The fourth-order valence-corrected chi connectivity index (χ4v) is 4.18. The van der Waals surface area contributed by atoms with Crippen LogP contribution in [0.25, 0.3) is 0 Å². The van der Waals surface area contributed by atoms with Gasteiger partial charge in [0.05, 0.1) is 5.25 Å². The lowest BCUT2D eigenvalue weighted by Crippen LogP contribution is -2.22. The summed E-state index contributed by atoms with van der Waals surface area (Å²) < 4.78 is 0.781. The van der Waals surface area contributed by atoms with Crippen LogP contribution >= 0.6 is 23.1 Å². The summed E-state index contributed by atoms with van der Waals surface area (Å²) >= 11 is 2.88. The number of hydrogen-bond acceptors (Lipinski definition) is 7. The van der Waals surface area contributed by atoms with Gasteiger partial charge in [-0.1, -0.05) is 47.4 Å². The Labute approximate surface area is 155 Å². The largest absolute Gasteiger partial charge is 0.360 e. The number of nitrogens with one attached hydrogen (secondary N) is 2. The van der Waals surface area contributed by atoms with E-state index in [-0.39, 0.29) is 16.9 Å². The van der Waals surface area contributed by atoms with Gasteiger partial charge in [-0.15, -0.1) is 10.2 Å². The summed E-state index contributed by atoms with van der Waals surface area (Å²) in [5, 5.41) is 14.6. The zero-order chi connectivity index (χ0) is 18.2. The van der Waals surface area contributed by atoms with Crippen molar-refractivity contribution in [3.8, 4) is 0 Å². The Balaban J connectivity index is 1.90. The third-order valence-corrected chi connectivity index (χ3v) is 5.47. The minimum atomic E-state index is -0.229. The number of aromatic nitrogens is 2. The van der Waals surface area contributed by atoms with E-state index in [1.807, 2.05) is 38.1 Å². The molecule has 2 rings (SSSR count). The van der Waals surface area contributed by atoms with Crippen LogP contribution in [0, 0.1) is 0 Å². The Morgan fingerprint density at radius 1 is 1.24 bits per heavy atom. The van der Waals surface area contributed by atoms with Crippen molar-refractivity contribution in [1.29, 1.82) is 0 Å². The highest BCUT2D eigenvalue weighted by atomic mass is 32.2. The molecular weight excluding hydrogens is 356 g/mol. The zero-order valence-electron chi connectivity index (χ0n) is 14.5. The highest BCUT2D eigenvalue weighted by molar-refractivity contribution is 8.02. The number of nitrogens with zero attached hydrogens (tertiary/aromatic N) is 2. The topological polar surface area (TPSA) is 84.0 Å². The number of carbonyl (C=O) groups is 2. The van der Waals surface area contributed by atoms with E-state index in [9.17, 15) is 9.59 Å². The number of ketones is 1. The number of hydrogen-bond donors (Lipinski definition) is 2. The van der Waals surface area contributed by atoms with Gasteiger partial charge in [-0.2, -0.15) is 0 Å². The molecule has 0 radical (unpaired) electrons. The Morgan fingerprint density at radius 3 is 2.60 bits per heavy atom. The van der Waals surface area contributed by atoms with Crippen molar-refractivity contribution in [3.63, 3.8) is 0 Å². The number of Topliss-reactive ketones (excluding diaryl/α,β-unsaturated/α-hetero) is 1. The van der Waals surface area contributed by atoms with Crippen LogP contribution in [-0.2, 0) is 11.2 Å². The highest BCUT2D eigenvalue weighted by Crippen LogP contribution is 2.30. The molecule has 0 aliphatic heterocycles. The molecule has 1 aromatic carbocycles. The fraction of sp³-hybridized carbons (Fsp3) is 0.412. The van der Waals surface area contributed by atoms with Gasteiger partial charge in [0.25, 0.3) is 0 Å². The summed E-state index contributed by atoms with van der Waals surface area (Å²) in [6.07, 6.45) is 0.746. The first kappa shape index (κ1) is 19.4. The van der Waals surface area contributed by atoms with Gasteiger partial charge in [0, 0.05) is 25.6 Å². The van der Waals surface area contributed by atoms with Gasteiger partial charge < -0.3 is 10.6 Å². The van der Waals surface area contributed by atoms with E-state index in [4.69, 9.17) is 0 Å². The molecule has 0 aliphatic rings. The molecule has 1 unspecified atom stereocenters. The van der Waals surface area contributed by atoms with E-state index in [0.29, 0.717) is 12.1 Å². The molecule has 1 atom stereocenters. The van der Waals surface area contributed by atoms with Gasteiger partial charge in [0.2, 0.25) is 11.0 Å². The molecule has 2 aromatic rings. The van der Waals surface area contributed by atoms with Gasteiger partial charge in [-0.3, -0.25) is 9.59 Å². The van der Waals surface area contributed by atoms with Gasteiger partial charge in [-0.25, -0.2) is 0 Å². The number of rotatable bonds is 9. The molecule has 8 heteroatoms. The SMILES string of the molecule is CCNc1nnc(SC(C)C(=O)c2ccc(CCNC(C)=O)cc2)s1. The maximum absolute atomic E-state index is 12.6. The summed E-state index contributed by atoms with van der Waals surface area (Å²) in [6.45, 7) is 6.77. The van der Waals surface area contributed by atoms with Gasteiger partial charge in [0.15, 0.2) is 10.1 Å². The Morgan fingerprint density at radius 2 is 1.96 bits per heavy atom. The molecule has 25 heavy (non-hydrogen) atoms. The van der Waals surface area contributed by atoms with Crippen LogP contribution < -0.4 is 10.6 Å². The predicted octanol–water partition coefficient (Wildman–Crippen LogP) is 3.01. The second-order valence-corrected chi connectivity index (χ2v) is 8.02. The van der Waals surface area contributed by atoms with Crippen molar-refractivity contribution in [1.82, 2.24) is 15.5 Å².